The van der Waals surface area contributed by atoms with Gasteiger partial charge in [-0.15, -0.1) is 11.3 Å². The number of amides is 3. The maximum absolute atomic E-state index is 13.4. The first-order chi connectivity index (χ1) is 20.3. The van der Waals surface area contributed by atoms with E-state index < -0.39 is 0 Å². The van der Waals surface area contributed by atoms with Crippen LogP contribution in [0.15, 0.2) is 36.0 Å². The van der Waals surface area contributed by atoms with E-state index in [0.717, 1.165) is 22.8 Å². The molecule has 0 radical (unpaired) electrons. The van der Waals surface area contributed by atoms with Crippen molar-refractivity contribution in [2.24, 2.45) is 0 Å². The summed E-state index contributed by atoms with van der Waals surface area (Å²) in [6, 6.07) is 5.46. The molecule has 1 aromatic carbocycles. The second-order valence-electron chi connectivity index (χ2n) is 10.7. The molecule has 2 aliphatic rings. The van der Waals surface area contributed by atoms with Crippen LogP contribution < -0.4 is 14.8 Å². The Labute approximate surface area is 249 Å². The normalized spacial score (nSPS) is 19.2. The van der Waals surface area contributed by atoms with E-state index in [9.17, 15) is 14.4 Å². The summed E-state index contributed by atoms with van der Waals surface area (Å²) in [5.74, 6) is 1.63. The number of rotatable bonds is 7. The molecule has 0 aliphatic carbocycles. The van der Waals surface area contributed by atoms with Gasteiger partial charge >= 0.3 is 0 Å². The number of hydrogen-bond donors (Lipinski definition) is 1. The molecular formula is C30H38N6O5S. The van der Waals surface area contributed by atoms with Gasteiger partial charge in [0.05, 0.1) is 43.4 Å². The summed E-state index contributed by atoms with van der Waals surface area (Å²) in [5, 5.41) is 5.92. The number of likely N-dealkylation sites (tertiary alicyclic amines) is 1. The first-order valence-corrected chi connectivity index (χ1v) is 15.3. The van der Waals surface area contributed by atoms with Crippen LogP contribution in [0.3, 0.4) is 0 Å². The van der Waals surface area contributed by atoms with E-state index in [1.165, 1.54) is 11.3 Å². The van der Waals surface area contributed by atoms with Crippen LogP contribution in [-0.4, -0.2) is 88.0 Å². The fourth-order valence-electron chi connectivity index (χ4n) is 5.67. The minimum atomic E-state index is -0.318. The SMILES string of the molecule is CCc1nccn1CCC(=O)N1C[C@@H]2NC(=O)CN(C(=O)Cc3csc(C)n3)CCCOc3cc(ccc3OC)[C@H]2C1. The van der Waals surface area contributed by atoms with Gasteiger partial charge in [-0.1, -0.05) is 13.0 Å². The molecule has 42 heavy (non-hydrogen) atoms. The highest BCUT2D eigenvalue weighted by Crippen LogP contribution is 2.35. The van der Waals surface area contributed by atoms with Gasteiger partial charge in [0.15, 0.2) is 11.5 Å². The van der Waals surface area contributed by atoms with Crippen LogP contribution in [0.4, 0.5) is 0 Å². The molecule has 3 aromatic rings. The van der Waals surface area contributed by atoms with Crippen LogP contribution in [0.25, 0.3) is 0 Å². The van der Waals surface area contributed by atoms with E-state index in [-0.39, 0.29) is 42.6 Å². The number of imidazole rings is 1. The van der Waals surface area contributed by atoms with Gasteiger partial charge in [-0.2, -0.15) is 0 Å². The summed E-state index contributed by atoms with van der Waals surface area (Å²) in [5.41, 5.74) is 1.66. The van der Waals surface area contributed by atoms with Crippen LogP contribution >= 0.6 is 11.3 Å². The van der Waals surface area contributed by atoms with Gasteiger partial charge in [0.25, 0.3) is 0 Å². The summed E-state index contributed by atoms with van der Waals surface area (Å²) >= 11 is 1.50. The van der Waals surface area contributed by atoms with Crippen molar-refractivity contribution in [2.75, 3.05) is 39.9 Å². The molecule has 224 valence electrons. The van der Waals surface area contributed by atoms with Crippen molar-refractivity contribution >= 4 is 29.1 Å². The number of ether oxygens (including phenoxy) is 2. The zero-order valence-electron chi connectivity index (χ0n) is 24.4. The highest BCUT2D eigenvalue weighted by atomic mass is 32.1. The van der Waals surface area contributed by atoms with Gasteiger partial charge in [-0.05, 0) is 31.0 Å². The van der Waals surface area contributed by atoms with Crippen molar-refractivity contribution < 1.29 is 23.9 Å². The van der Waals surface area contributed by atoms with E-state index >= 15 is 0 Å². The van der Waals surface area contributed by atoms with E-state index in [1.807, 2.05) is 53.1 Å². The van der Waals surface area contributed by atoms with Crippen molar-refractivity contribution in [3.8, 4) is 11.5 Å². The maximum atomic E-state index is 13.4. The average Bonchev–Trinajstić information content (AvgIpc) is 3.72. The van der Waals surface area contributed by atoms with E-state index in [4.69, 9.17) is 9.47 Å². The molecule has 12 heteroatoms. The number of aryl methyl sites for hydroxylation is 3. The van der Waals surface area contributed by atoms with Crippen molar-refractivity contribution in [3.63, 3.8) is 0 Å². The highest BCUT2D eigenvalue weighted by molar-refractivity contribution is 7.09. The van der Waals surface area contributed by atoms with Crippen molar-refractivity contribution in [2.45, 2.75) is 58.0 Å². The topological polar surface area (TPSA) is 119 Å². The van der Waals surface area contributed by atoms with E-state index in [1.54, 1.807) is 18.2 Å². The molecule has 5 rings (SSSR count). The summed E-state index contributed by atoms with van der Waals surface area (Å²) in [6.45, 7) is 5.99. The van der Waals surface area contributed by atoms with Crippen molar-refractivity contribution in [3.05, 3.63) is 58.1 Å². The van der Waals surface area contributed by atoms with E-state index in [0.29, 0.717) is 62.8 Å². The molecule has 0 unspecified atom stereocenters. The Hall–Kier alpha value is -3.93. The molecule has 11 nitrogen and oxygen atoms in total. The van der Waals surface area contributed by atoms with Crippen LogP contribution in [0.1, 0.15) is 47.8 Å². The zero-order chi connectivity index (χ0) is 29.6. The lowest BCUT2D eigenvalue weighted by Crippen LogP contribution is -2.47. The first-order valence-electron chi connectivity index (χ1n) is 14.4. The number of benzene rings is 1. The van der Waals surface area contributed by atoms with Gasteiger partial charge in [-0.25, -0.2) is 9.97 Å². The molecular weight excluding hydrogens is 556 g/mol. The highest BCUT2D eigenvalue weighted by Gasteiger charge is 2.38. The Balaban J connectivity index is 1.34. The number of aromatic nitrogens is 3. The Bertz CT molecular complexity index is 1420. The molecule has 2 atom stereocenters. The molecule has 2 bridgehead atoms. The van der Waals surface area contributed by atoms with Gasteiger partial charge in [0.2, 0.25) is 17.7 Å². The van der Waals surface area contributed by atoms with Crippen LogP contribution in [0, 0.1) is 6.92 Å². The third-order valence-corrected chi connectivity index (χ3v) is 8.66. The quantitative estimate of drug-likeness (QED) is 0.447. The van der Waals surface area contributed by atoms with Gasteiger partial charge in [0.1, 0.15) is 5.82 Å². The fraction of sp³-hybridized carbons (Fsp3) is 0.500. The smallest absolute Gasteiger partial charge is 0.239 e. The number of methoxy groups -OCH3 is 1. The predicted octanol–water partition coefficient (Wildman–Crippen LogP) is 2.57. The number of thiazole rings is 1. The third kappa shape index (κ3) is 6.92. The summed E-state index contributed by atoms with van der Waals surface area (Å²) in [7, 11) is 1.60. The maximum Gasteiger partial charge on any atom is 0.239 e. The molecule has 1 fully saturated rings. The minimum Gasteiger partial charge on any atom is -0.493 e. The summed E-state index contributed by atoms with van der Waals surface area (Å²) in [6.07, 6.45) is 5.47. The van der Waals surface area contributed by atoms with Gasteiger partial charge < -0.3 is 29.2 Å². The molecule has 3 amide bonds. The molecule has 2 aromatic heterocycles. The number of nitrogens with zero attached hydrogens (tertiary/aromatic N) is 5. The largest absolute Gasteiger partial charge is 0.493 e. The predicted molar refractivity (Wildman–Crippen MR) is 158 cm³/mol. The number of hydrogen-bond acceptors (Lipinski definition) is 8. The number of nitrogens with one attached hydrogen (secondary N) is 1. The molecule has 0 spiro atoms. The van der Waals surface area contributed by atoms with Crippen LogP contribution in [0.2, 0.25) is 0 Å². The van der Waals surface area contributed by atoms with Gasteiger partial charge in [-0.3, -0.25) is 14.4 Å². The summed E-state index contributed by atoms with van der Waals surface area (Å²) in [4.78, 5) is 52.1. The lowest BCUT2D eigenvalue weighted by Gasteiger charge is -2.24. The Morgan fingerprint density at radius 2 is 2.07 bits per heavy atom. The van der Waals surface area contributed by atoms with Crippen LogP contribution in [0.5, 0.6) is 11.5 Å². The average molecular weight is 595 g/mol. The first kappa shape index (κ1) is 29.6. The second kappa shape index (κ2) is 13.4. The third-order valence-electron chi connectivity index (χ3n) is 7.84. The Kier molecular flexibility index (Phi) is 9.41. The second-order valence-corrected chi connectivity index (χ2v) is 11.7. The van der Waals surface area contributed by atoms with Gasteiger partial charge in [0, 0.05) is 62.7 Å². The van der Waals surface area contributed by atoms with E-state index in [2.05, 4.69) is 15.3 Å². The van der Waals surface area contributed by atoms with Crippen LogP contribution in [-0.2, 0) is 33.8 Å². The number of carbonyl (C=O) groups excluding carboxylic acids is 3. The molecule has 1 N–H and O–H groups in total. The molecule has 2 aliphatic heterocycles. The summed E-state index contributed by atoms with van der Waals surface area (Å²) < 4.78 is 13.7. The zero-order valence-corrected chi connectivity index (χ0v) is 25.2. The molecule has 0 saturated carbocycles. The number of fused-ring (bicyclic) bond motifs is 4. The Morgan fingerprint density at radius 3 is 2.83 bits per heavy atom. The minimum absolute atomic E-state index is 0.0222. The fourth-order valence-corrected chi connectivity index (χ4v) is 6.28. The number of carbonyl (C=O) groups is 3. The van der Waals surface area contributed by atoms with Crippen molar-refractivity contribution in [1.82, 2.24) is 29.7 Å². The van der Waals surface area contributed by atoms with Crippen molar-refractivity contribution in [1.29, 1.82) is 0 Å². The lowest BCUT2D eigenvalue weighted by atomic mass is 9.94. The lowest BCUT2D eigenvalue weighted by molar-refractivity contribution is -0.136. The molecule has 1 saturated heterocycles. The Morgan fingerprint density at radius 1 is 1.21 bits per heavy atom. The monoisotopic (exact) mass is 594 g/mol. The molecule has 4 heterocycles. The standard InChI is InChI=1S/C30H38N6O5S/c1-4-27-31-9-12-34(27)11-8-29(38)36-16-23-21-6-7-25(40-3)26(14-21)41-13-5-10-35(18-28(37)33-24(23)17-36)30(39)15-22-19-42-20(2)32-22/h6-7,9,12,14,19,23-24H,4-5,8,10-11,13,15-18H2,1-3H3,(H,33,37)/t23-,24+/m1/s1.